The van der Waals surface area contributed by atoms with Crippen LogP contribution in [0, 0.1) is 0 Å². The van der Waals surface area contributed by atoms with Crippen LogP contribution in [0.5, 0.6) is 0 Å². The van der Waals surface area contributed by atoms with Crippen molar-refractivity contribution in [3.8, 4) is 5.69 Å². The lowest BCUT2D eigenvalue weighted by atomic mass is 10.3. The van der Waals surface area contributed by atoms with E-state index in [2.05, 4.69) is 25.6 Å². The van der Waals surface area contributed by atoms with Gasteiger partial charge < -0.3 is 15.4 Å². The standard InChI is InChI=1S/C15H20N6O2/c22-15(17-4-5-20-6-8-23-9-7-20)19-13-2-1-3-14(10-13)21-12-16-11-18-21/h1-3,10-12H,4-9H2,(H2,17,19,22). The molecule has 1 aliphatic rings. The summed E-state index contributed by atoms with van der Waals surface area (Å²) in [6, 6.07) is 7.23. The molecule has 8 nitrogen and oxygen atoms in total. The van der Waals surface area contributed by atoms with E-state index in [0.717, 1.165) is 38.5 Å². The van der Waals surface area contributed by atoms with Crippen molar-refractivity contribution in [3.05, 3.63) is 36.9 Å². The molecule has 0 atom stereocenters. The second-order valence-electron chi connectivity index (χ2n) is 5.23. The maximum atomic E-state index is 12.0. The van der Waals surface area contributed by atoms with Gasteiger partial charge in [0.15, 0.2) is 0 Å². The van der Waals surface area contributed by atoms with Gasteiger partial charge in [0.25, 0.3) is 0 Å². The van der Waals surface area contributed by atoms with E-state index in [0.29, 0.717) is 12.2 Å². The van der Waals surface area contributed by atoms with Gasteiger partial charge in [0.1, 0.15) is 12.7 Å². The first-order valence-electron chi connectivity index (χ1n) is 7.61. The molecule has 0 bridgehead atoms. The molecule has 0 spiro atoms. The van der Waals surface area contributed by atoms with Crippen LogP contribution in [0.25, 0.3) is 5.69 Å². The number of aromatic nitrogens is 3. The van der Waals surface area contributed by atoms with Gasteiger partial charge in [-0.2, -0.15) is 5.10 Å². The number of amides is 2. The van der Waals surface area contributed by atoms with Crippen molar-refractivity contribution in [2.75, 3.05) is 44.7 Å². The average Bonchev–Trinajstić information content (AvgIpc) is 3.11. The minimum atomic E-state index is -0.214. The molecule has 1 saturated heterocycles. The maximum Gasteiger partial charge on any atom is 0.319 e. The number of carbonyl (C=O) groups excluding carboxylic acids is 1. The molecule has 1 aliphatic heterocycles. The highest BCUT2D eigenvalue weighted by Gasteiger charge is 2.10. The van der Waals surface area contributed by atoms with Gasteiger partial charge in [0, 0.05) is 31.9 Å². The van der Waals surface area contributed by atoms with Crippen molar-refractivity contribution in [2.24, 2.45) is 0 Å². The summed E-state index contributed by atoms with van der Waals surface area (Å²) in [7, 11) is 0. The number of hydrogen-bond acceptors (Lipinski definition) is 5. The Balaban J connectivity index is 1.47. The van der Waals surface area contributed by atoms with Gasteiger partial charge in [-0.15, -0.1) is 0 Å². The normalized spacial score (nSPS) is 15.3. The van der Waals surface area contributed by atoms with Crippen LogP contribution in [0.4, 0.5) is 10.5 Å². The Morgan fingerprint density at radius 1 is 1.30 bits per heavy atom. The molecule has 0 radical (unpaired) electrons. The fourth-order valence-electron chi connectivity index (χ4n) is 2.40. The van der Waals surface area contributed by atoms with Crippen molar-refractivity contribution in [2.45, 2.75) is 0 Å². The lowest BCUT2D eigenvalue weighted by Gasteiger charge is -2.26. The van der Waals surface area contributed by atoms with Gasteiger partial charge in [-0.3, -0.25) is 4.90 Å². The van der Waals surface area contributed by atoms with Crippen LogP contribution in [-0.4, -0.2) is 65.1 Å². The summed E-state index contributed by atoms with van der Waals surface area (Å²) in [5.41, 5.74) is 1.55. The summed E-state index contributed by atoms with van der Waals surface area (Å²) in [5, 5.41) is 9.76. The number of hydrogen-bond donors (Lipinski definition) is 2. The number of nitrogens with one attached hydrogen (secondary N) is 2. The Kier molecular flexibility index (Phi) is 5.17. The van der Waals surface area contributed by atoms with E-state index < -0.39 is 0 Å². The summed E-state index contributed by atoms with van der Waals surface area (Å²) in [6.45, 7) is 4.80. The zero-order valence-electron chi connectivity index (χ0n) is 12.8. The second-order valence-corrected chi connectivity index (χ2v) is 5.23. The van der Waals surface area contributed by atoms with Crippen LogP contribution >= 0.6 is 0 Å². The Morgan fingerprint density at radius 3 is 2.96 bits per heavy atom. The minimum Gasteiger partial charge on any atom is -0.379 e. The molecule has 1 aromatic carbocycles. The highest BCUT2D eigenvalue weighted by Crippen LogP contribution is 2.13. The molecule has 0 saturated carbocycles. The van der Waals surface area contributed by atoms with Gasteiger partial charge in [-0.05, 0) is 18.2 Å². The van der Waals surface area contributed by atoms with Crippen LogP contribution in [0.2, 0.25) is 0 Å². The number of carbonyl (C=O) groups is 1. The van der Waals surface area contributed by atoms with E-state index in [1.54, 1.807) is 11.0 Å². The van der Waals surface area contributed by atoms with Crippen molar-refractivity contribution in [1.29, 1.82) is 0 Å². The SMILES string of the molecule is O=C(NCCN1CCOCC1)Nc1cccc(-n2cncn2)c1. The smallest absolute Gasteiger partial charge is 0.319 e. The van der Waals surface area contributed by atoms with E-state index in [4.69, 9.17) is 4.74 Å². The Morgan fingerprint density at radius 2 is 2.17 bits per heavy atom. The molecular weight excluding hydrogens is 296 g/mol. The third kappa shape index (κ3) is 4.51. The van der Waals surface area contributed by atoms with E-state index in [1.165, 1.54) is 6.33 Å². The van der Waals surface area contributed by atoms with Crippen molar-refractivity contribution in [3.63, 3.8) is 0 Å². The van der Waals surface area contributed by atoms with Crippen molar-refractivity contribution in [1.82, 2.24) is 25.0 Å². The third-order valence-electron chi connectivity index (χ3n) is 3.60. The van der Waals surface area contributed by atoms with E-state index in [9.17, 15) is 4.79 Å². The summed E-state index contributed by atoms with van der Waals surface area (Å²) in [6.07, 6.45) is 3.08. The number of morpholine rings is 1. The van der Waals surface area contributed by atoms with E-state index >= 15 is 0 Å². The van der Waals surface area contributed by atoms with Gasteiger partial charge in [-0.25, -0.2) is 14.5 Å². The third-order valence-corrected chi connectivity index (χ3v) is 3.60. The number of nitrogens with zero attached hydrogens (tertiary/aromatic N) is 4. The van der Waals surface area contributed by atoms with Crippen LogP contribution in [0.15, 0.2) is 36.9 Å². The van der Waals surface area contributed by atoms with Crippen LogP contribution in [0.3, 0.4) is 0 Å². The molecule has 122 valence electrons. The molecule has 1 aromatic heterocycles. The summed E-state index contributed by atoms with van der Waals surface area (Å²) in [5.74, 6) is 0. The van der Waals surface area contributed by atoms with Gasteiger partial charge >= 0.3 is 6.03 Å². The zero-order valence-corrected chi connectivity index (χ0v) is 12.8. The molecule has 8 heteroatoms. The van der Waals surface area contributed by atoms with E-state index in [-0.39, 0.29) is 6.03 Å². The Hall–Kier alpha value is -2.45. The second kappa shape index (κ2) is 7.70. The lowest BCUT2D eigenvalue weighted by molar-refractivity contribution is 0.0388. The highest BCUT2D eigenvalue weighted by molar-refractivity contribution is 5.89. The molecule has 2 aromatic rings. The molecule has 3 rings (SSSR count). The number of ether oxygens (including phenoxy) is 1. The molecule has 23 heavy (non-hydrogen) atoms. The first kappa shape index (κ1) is 15.4. The predicted molar refractivity (Wildman–Crippen MR) is 85.6 cm³/mol. The summed E-state index contributed by atoms with van der Waals surface area (Å²) in [4.78, 5) is 18.1. The number of anilines is 1. The molecule has 2 heterocycles. The molecular formula is C15H20N6O2. The Labute approximate surface area is 134 Å². The zero-order chi connectivity index (χ0) is 15.9. The number of benzene rings is 1. The molecule has 0 unspecified atom stereocenters. The Bertz CT molecular complexity index is 625. The topological polar surface area (TPSA) is 84.3 Å². The lowest BCUT2D eigenvalue weighted by Crippen LogP contribution is -2.42. The average molecular weight is 316 g/mol. The fourth-order valence-corrected chi connectivity index (χ4v) is 2.40. The molecule has 0 aliphatic carbocycles. The first-order chi connectivity index (χ1) is 11.3. The highest BCUT2D eigenvalue weighted by atomic mass is 16.5. The maximum absolute atomic E-state index is 12.0. The number of urea groups is 1. The van der Waals surface area contributed by atoms with Gasteiger partial charge in [0.2, 0.25) is 0 Å². The predicted octanol–water partition coefficient (Wildman–Crippen LogP) is 0.721. The first-order valence-corrected chi connectivity index (χ1v) is 7.61. The fraction of sp³-hybridized carbons (Fsp3) is 0.400. The van der Waals surface area contributed by atoms with Gasteiger partial charge in [-0.1, -0.05) is 6.07 Å². The van der Waals surface area contributed by atoms with E-state index in [1.807, 2.05) is 24.3 Å². The molecule has 1 fully saturated rings. The van der Waals surface area contributed by atoms with Crippen molar-refractivity contribution >= 4 is 11.7 Å². The van der Waals surface area contributed by atoms with Crippen LogP contribution in [0.1, 0.15) is 0 Å². The monoisotopic (exact) mass is 316 g/mol. The summed E-state index contributed by atoms with van der Waals surface area (Å²) >= 11 is 0. The minimum absolute atomic E-state index is 0.214. The van der Waals surface area contributed by atoms with Crippen LogP contribution < -0.4 is 10.6 Å². The van der Waals surface area contributed by atoms with Crippen molar-refractivity contribution < 1.29 is 9.53 Å². The quantitative estimate of drug-likeness (QED) is 0.849. The largest absolute Gasteiger partial charge is 0.379 e. The van der Waals surface area contributed by atoms with Crippen LogP contribution in [-0.2, 0) is 4.74 Å². The molecule has 2 N–H and O–H groups in total. The number of rotatable bonds is 5. The van der Waals surface area contributed by atoms with Gasteiger partial charge in [0.05, 0.1) is 18.9 Å². The molecule has 2 amide bonds. The summed E-state index contributed by atoms with van der Waals surface area (Å²) < 4.78 is 6.94.